The molecule has 9 heteroatoms. The Morgan fingerprint density at radius 1 is 1.00 bits per heavy atom. The first-order chi connectivity index (χ1) is 12.7. The molecule has 1 aliphatic rings. The molecule has 0 saturated heterocycles. The van der Waals surface area contributed by atoms with Crippen molar-refractivity contribution >= 4 is 60.0 Å². The number of anilines is 2. The number of nitrogens with zero attached hydrogens (tertiary/aromatic N) is 2. The van der Waals surface area contributed by atoms with Crippen molar-refractivity contribution < 1.29 is 14.3 Å². The lowest BCUT2D eigenvalue weighted by Crippen LogP contribution is -2.19. The van der Waals surface area contributed by atoms with Crippen molar-refractivity contribution in [1.29, 1.82) is 0 Å². The van der Waals surface area contributed by atoms with Crippen LogP contribution >= 0.6 is 22.7 Å². The number of carbonyl (C=O) groups excluding carboxylic acids is 1. The molecule has 0 unspecified atom stereocenters. The van der Waals surface area contributed by atoms with Crippen LogP contribution in [-0.2, 0) is 0 Å². The molecule has 4 aromatic rings. The number of carbonyl (C=O) groups is 1. The van der Waals surface area contributed by atoms with Crippen LogP contribution in [0.4, 0.5) is 15.6 Å². The predicted molar refractivity (Wildman–Crippen MR) is 103 cm³/mol. The summed E-state index contributed by atoms with van der Waals surface area (Å²) in [5, 5.41) is 7.11. The minimum Gasteiger partial charge on any atom is -0.454 e. The molecule has 5 rings (SSSR count). The van der Waals surface area contributed by atoms with Gasteiger partial charge in [-0.2, -0.15) is 0 Å². The zero-order valence-corrected chi connectivity index (χ0v) is 15.2. The molecular formula is C17H12N4O3S2. The van der Waals surface area contributed by atoms with Gasteiger partial charge in [0.15, 0.2) is 16.6 Å². The van der Waals surface area contributed by atoms with Crippen LogP contribution in [0.3, 0.4) is 0 Å². The third kappa shape index (κ3) is 2.61. The highest BCUT2D eigenvalue weighted by Gasteiger charge is 2.15. The third-order valence-corrected chi connectivity index (χ3v) is 6.01. The van der Waals surface area contributed by atoms with Gasteiger partial charge in [0.25, 0.3) is 0 Å². The first kappa shape index (κ1) is 15.4. The lowest BCUT2D eigenvalue weighted by atomic mass is 10.3. The Kier molecular flexibility index (Phi) is 3.44. The molecule has 130 valence electrons. The number of aromatic nitrogens is 2. The largest absolute Gasteiger partial charge is 0.454 e. The van der Waals surface area contributed by atoms with Crippen LogP contribution in [0.5, 0.6) is 11.5 Å². The number of hydrogen-bond acceptors (Lipinski definition) is 7. The van der Waals surface area contributed by atoms with Crippen LogP contribution < -0.4 is 20.1 Å². The number of rotatable bonds is 2. The SMILES string of the molecule is Cc1nc2ccc3nc(NC(=O)Nc4ccc5c(c4)OCO5)sc3c2s1. The van der Waals surface area contributed by atoms with Gasteiger partial charge < -0.3 is 14.8 Å². The molecule has 0 aliphatic carbocycles. The number of nitrogens with one attached hydrogen (secondary N) is 2. The zero-order valence-electron chi connectivity index (χ0n) is 13.5. The maximum absolute atomic E-state index is 12.3. The van der Waals surface area contributed by atoms with Crippen LogP contribution in [0.15, 0.2) is 30.3 Å². The maximum atomic E-state index is 12.3. The molecule has 7 nitrogen and oxygen atoms in total. The van der Waals surface area contributed by atoms with Gasteiger partial charge in [0.2, 0.25) is 6.79 Å². The number of urea groups is 1. The Morgan fingerprint density at radius 3 is 2.65 bits per heavy atom. The Labute approximate surface area is 155 Å². The van der Waals surface area contributed by atoms with Gasteiger partial charge in [-0.15, -0.1) is 11.3 Å². The van der Waals surface area contributed by atoms with E-state index in [0.717, 1.165) is 25.4 Å². The highest BCUT2D eigenvalue weighted by Crippen LogP contribution is 2.36. The molecule has 0 spiro atoms. The maximum Gasteiger partial charge on any atom is 0.325 e. The number of amides is 2. The van der Waals surface area contributed by atoms with Crippen LogP contribution in [0.1, 0.15) is 5.01 Å². The molecule has 0 fully saturated rings. The van der Waals surface area contributed by atoms with Crippen molar-refractivity contribution in [2.45, 2.75) is 6.92 Å². The molecule has 0 atom stereocenters. The van der Waals surface area contributed by atoms with Gasteiger partial charge in [0.05, 0.1) is 25.4 Å². The lowest BCUT2D eigenvalue weighted by molar-refractivity contribution is 0.174. The zero-order chi connectivity index (χ0) is 17.7. The van der Waals surface area contributed by atoms with Gasteiger partial charge in [-0.05, 0) is 31.2 Å². The quantitative estimate of drug-likeness (QED) is 0.528. The van der Waals surface area contributed by atoms with E-state index in [4.69, 9.17) is 9.47 Å². The van der Waals surface area contributed by atoms with Gasteiger partial charge in [-0.3, -0.25) is 5.32 Å². The first-order valence-electron chi connectivity index (χ1n) is 7.80. The Bertz CT molecular complexity index is 1170. The van der Waals surface area contributed by atoms with E-state index in [1.807, 2.05) is 19.1 Å². The molecule has 3 heterocycles. The predicted octanol–water partition coefficient (Wildman–Crippen LogP) is 4.59. The number of aryl methyl sites for hydroxylation is 1. The second-order valence-corrected chi connectivity index (χ2v) is 7.86. The number of ether oxygens (including phenoxy) is 2. The normalized spacial score (nSPS) is 12.7. The van der Waals surface area contributed by atoms with Gasteiger partial charge >= 0.3 is 6.03 Å². The number of fused-ring (bicyclic) bond motifs is 4. The monoisotopic (exact) mass is 384 g/mol. The van der Waals surface area contributed by atoms with Gasteiger partial charge in [0.1, 0.15) is 0 Å². The fourth-order valence-electron chi connectivity index (χ4n) is 2.77. The molecule has 2 amide bonds. The molecule has 0 saturated carbocycles. The van der Waals surface area contributed by atoms with E-state index in [9.17, 15) is 4.79 Å². The minimum atomic E-state index is -0.361. The highest BCUT2D eigenvalue weighted by atomic mass is 32.1. The van der Waals surface area contributed by atoms with Gasteiger partial charge in [0, 0.05) is 11.8 Å². The molecular weight excluding hydrogens is 372 g/mol. The van der Waals surface area contributed by atoms with E-state index < -0.39 is 0 Å². The molecule has 26 heavy (non-hydrogen) atoms. The van der Waals surface area contributed by atoms with Crippen molar-refractivity contribution in [1.82, 2.24) is 9.97 Å². The summed E-state index contributed by atoms with van der Waals surface area (Å²) in [7, 11) is 0. The van der Waals surface area contributed by atoms with E-state index in [1.54, 1.807) is 29.5 Å². The summed E-state index contributed by atoms with van der Waals surface area (Å²) < 4.78 is 12.7. The summed E-state index contributed by atoms with van der Waals surface area (Å²) in [5.74, 6) is 1.29. The summed E-state index contributed by atoms with van der Waals surface area (Å²) >= 11 is 3.07. The van der Waals surface area contributed by atoms with Crippen molar-refractivity contribution in [2.24, 2.45) is 0 Å². The second kappa shape index (κ2) is 5.82. The molecule has 2 aromatic carbocycles. The van der Waals surface area contributed by atoms with E-state index in [2.05, 4.69) is 20.6 Å². The van der Waals surface area contributed by atoms with E-state index in [0.29, 0.717) is 22.3 Å². The molecule has 0 bridgehead atoms. The smallest absolute Gasteiger partial charge is 0.325 e. The van der Waals surface area contributed by atoms with Crippen LogP contribution in [0.25, 0.3) is 20.4 Å². The third-order valence-electron chi connectivity index (χ3n) is 3.87. The summed E-state index contributed by atoms with van der Waals surface area (Å²) in [6.07, 6.45) is 0. The van der Waals surface area contributed by atoms with E-state index >= 15 is 0 Å². The number of hydrogen-bond donors (Lipinski definition) is 2. The molecule has 2 aromatic heterocycles. The number of thiazole rings is 2. The summed E-state index contributed by atoms with van der Waals surface area (Å²) in [4.78, 5) is 21.3. The molecule has 0 radical (unpaired) electrons. The lowest BCUT2D eigenvalue weighted by Gasteiger charge is -2.06. The fourth-order valence-corrected chi connectivity index (χ4v) is 4.77. The van der Waals surface area contributed by atoms with Crippen molar-refractivity contribution in [3.8, 4) is 11.5 Å². The van der Waals surface area contributed by atoms with Crippen molar-refractivity contribution in [3.05, 3.63) is 35.3 Å². The molecule has 1 aliphatic heterocycles. The Balaban J connectivity index is 1.38. The fraction of sp³-hybridized carbons (Fsp3) is 0.118. The Hall–Kier alpha value is -2.91. The molecule has 2 N–H and O–H groups in total. The average Bonchev–Trinajstić information content (AvgIpc) is 3.30. The summed E-state index contributed by atoms with van der Waals surface area (Å²) in [6.45, 7) is 2.18. The standard InChI is InChI=1S/C17H12N4O3S2/c1-8-18-10-3-4-11-15(14(10)25-8)26-17(20-11)21-16(22)19-9-2-5-12-13(6-9)24-7-23-12/h2-6H,7H2,1H3,(H2,19,20,21,22). The van der Waals surface area contributed by atoms with Crippen molar-refractivity contribution in [2.75, 3.05) is 17.4 Å². The van der Waals surface area contributed by atoms with Gasteiger partial charge in [-0.1, -0.05) is 11.3 Å². The topological polar surface area (TPSA) is 85.4 Å². The highest BCUT2D eigenvalue weighted by molar-refractivity contribution is 7.28. The number of benzene rings is 2. The minimum absolute atomic E-state index is 0.197. The average molecular weight is 384 g/mol. The van der Waals surface area contributed by atoms with Crippen LogP contribution in [-0.4, -0.2) is 22.8 Å². The second-order valence-electron chi connectivity index (χ2n) is 5.66. The summed E-state index contributed by atoms with van der Waals surface area (Å²) in [6, 6.07) is 8.77. The van der Waals surface area contributed by atoms with Gasteiger partial charge in [-0.25, -0.2) is 14.8 Å². The Morgan fingerprint density at radius 2 is 1.77 bits per heavy atom. The first-order valence-corrected chi connectivity index (χ1v) is 9.43. The summed E-state index contributed by atoms with van der Waals surface area (Å²) in [5.41, 5.74) is 2.43. The van der Waals surface area contributed by atoms with E-state index in [-0.39, 0.29) is 12.8 Å². The van der Waals surface area contributed by atoms with Crippen LogP contribution in [0.2, 0.25) is 0 Å². The van der Waals surface area contributed by atoms with Crippen LogP contribution in [0, 0.1) is 6.92 Å². The van der Waals surface area contributed by atoms with Crippen molar-refractivity contribution in [3.63, 3.8) is 0 Å². The van der Waals surface area contributed by atoms with E-state index in [1.165, 1.54) is 11.3 Å².